The molecule has 0 spiro atoms. The molecule has 4 rings (SSSR count). The highest BCUT2D eigenvalue weighted by molar-refractivity contribution is 8.00. The molecule has 162 valence electrons. The van der Waals surface area contributed by atoms with Gasteiger partial charge in [-0.3, -0.25) is 9.36 Å². The van der Waals surface area contributed by atoms with Crippen LogP contribution < -0.4 is 5.32 Å². The van der Waals surface area contributed by atoms with Gasteiger partial charge in [-0.2, -0.15) is 0 Å². The number of rotatable bonds is 8. The van der Waals surface area contributed by atoms with E-state index in [0.29, 0.717) is 17.5 Å². The van der Waals surface area contributed by atoms with Gasteiger partial charge in [0.15, 0.2) is 11.0 Å². The Morgan fingerprint density at radius 3 is 2.53 bits per heavy atom. The van der Waals surface area contributed by atoms with Gasteiger partial charge in [-0.1, -0.05) is 65.9 Å². The minimum absolute atomic E-state index is 0.126. The maximum Gasteiger partial charge on any atom is 0.242 e. The van der Waals surface area contributed by atoms with E-state index < -0.39 is 5.25 Å². The summed E-state index contributed by atoms with van der Waals surface area (Å²) in [5.74, 6) is 1.32. The number of anilines is 1. The highest BCUT2D eigenvalue weighted by Crippen LogP contribution is 2.37. The summed E-state index contributed by atoms with van der Waals surface area (Å²) in [5.41, 5.74) is 3.64. The Hall–Kier alpha value is -3.58. The average Bonchev–Trinajstić information content (AvgIpc) is 3.40. The monoisotopic (exact) mass is 444 g/mol. The average molecular weight is 445 g/mol. The maximum absolute atomic E-state index is 13.3. The number of thioether (sulfide) groups is 1. The van der Waals surface area contributed by atoms with Gasteiger partial charge in [-0.05, 0) is 37.6 Å². The predicted octanol–water partition coefficient (Wildman–Crippen LogP) is 5.81. The number of hydrogen-bond acceptors (Lipinski definition) is 5. The molecule has 0 aliphatic rings. The summed E-state index contributed by atoms with van der Waals surface area (Å²) in [4.78, 5) is 13.3. The van der Waals surface area contributed by atoms with Crippen LogP contribution in [0.3, 0.4) is 0 Å². The third-order valence-electron chi connectivity index (χ3n) is 5.01. The van der Waals surface area contributed by atoms with Crippen molar-refractivity contribution in [2.24, 2.45) is 0 Å². The second-order valence-corrected chi connectivity index (χ2v) is 8.43. The van der Waals surface area contributed by atoms with Crippen molar-refractivity contribution in [1.29, 1.82) is 0 Å². The van der Waals surface area contributed by atoms with Gasteiger partial charge >= 0.3 is 0 Å². The molecule has 1 atom stereocenters. The number of allylic oxidation sites excluding steroid dienone is 1. The quantitative estimate of drug-likeness (QED) is 0.274. The van der Waals surface area contributed by atoms with Gasteiger partial charge in [-0.25, -0.2) is 0 Å². The molecule has 4 aromatic rings. The highest BCUT2D eigenvalue weighted by Gasteiger charge is 2.26. The second kappa shape index (κ2) is 9.70. The van der Waals surface area contributed by atoms with Crippen molar-refractivity contribution < 1.29 is 9.21 Å². The predicted molar refractivity (Wildman–Crippen MR) is 128 cm³/mol. The third-order valence-corrected chi connectivity index (χ3v) is 6.25. The van der Waals surface area contributed by atoms with E-state index in [4.69, 9.17) is 4.42 Å². The minimum Gasteiger partial charge on any atom is -0.469 e. The molecular weight excluding hydrogens is 420 g/mol. The normalized spacial score (nSPS) is 11.8. The molecule has 0 aliphatic carbocycles. The first-order valence-electron chi connectivity index (χ1n) is 10.2. The van der Waals surface area contributed by atoms with Crippen LogP contribution in [0.25, 0.3) is 11.4 Å². The molecule has 0 aliphatic heterocycles. The summed E-state index contributed by atoms with van der Waals surface area (Å²) < 4.78 is 7.40. The summed E-state index contributed by atoms with van der Waals surface area (Å²) in [6.45, 7) is 8.28. The van der Waals surface area contributed by atoms with Crippen LogP contribution >= 0.6 is 11.8 Å². The van der Waals surface area contributed by atoms with E-state index in [1.807, 2.05) is 79.1 Å². The van der Waals surface area contributed by atoms with Crippen LogP contribution in [-0.2, 0) is 11.3 Å². The lowest BCUT2D eigenvalue weighted by Gasteiger charge is -2.17. The Bertz CT molecular complexity index is 1210. The molecule has 1 amide bonds. The van der Waals surface area contributed by atoms with E-state index in [1.54, 1.807) is 12.3 Å². The van der Waals surface area contributed by atoms with Crippen LogP contribution in [0.5, 0.6) is 0 Å². The smallest absolute Gasteiger partial charge is 0.242 e. The number of nitrogens with one attached hydrogen (secondary N) is 1. The molecule has 2 aromatic carbocycles. The number of aromatic nitrogens is 3. The zero-order valence-electron chi connectivity index (χ0n) is 18.0. The standard InChI is InChI=1S/C25H24N4O2S/c1-4-15-29-23(21-14-16-31-18(21)3)27-28-25(29)32-22(19-8-6-5-7-9-19)24(30)26-20-12-10-17(2)11-13-20/h4-14,16,22H,1,15H2,2-3H3,(H,26,30). The van der Waals surface area contributed by atoms with Gasteiger partial charge in [0.1, 0.15) is 11.0 Å². The summed E-state index contributed by atoms with van der Waals surface area (Å²) in [7, 11) is 0. The molecule has 6 nitrogen and oxygen atoms in total. The van der Waals surface area contributed by atoms with Gasteiger partial charge in [-0.15, -0.1) is 16.8 Å². The number of nitrogens with zero attached hydrogens (tertiary/aromatic N) is 3. The molecule has 0 saturated carbocycles. The van der Waals surface area contributed by atoms with Crippen LogP contribution in [0.4, 0.5) is 5.69 Å². The molecule has 1 unspecified atom stereocenters. The van der Waals surface area contributed by atoms with Crippen LogP contribution in [0, 0.1) is 13.8 Å². The topological polar surface area (TPSA) is 73.0 Å². The molecular formula is C25H24N4O2S. The second-order valence-electron chi connectivity index (χ2n) is 7.36. The molecule has 0 saturated heterocycles. The molecule has 7 heteroatoms. The fraction of sp³-hybridized carbons (Fsp3) is 0.160. The van der Waals surface area contributed by atoms with E-state index in [0.717, 1.165) is 28.1 Å². The Balaban J connectivity index is 1.68. The Labute approximate surface area is 191 Å². The molecule has 32 heavy (non-hydrogen) atoms. The van der Waals surface area contributed by atoms with E-state index in [2.05, 4.69) is 22.1 Å². The molecule has 1 N–H and O–H groups in total. The van der Waals surface area contributed by atoms with Crippen molar-refractivity contribution in [3.05, 3.63) is 96.5 Å². The molecule has 0 bridgehead atoms. The number of carbonyl (C=O) groups excluding carboxylic acids is 1. The first kappa shape index (κ1) is 21.6. The number of aryl methyl sites for hydroxylation is 2. The lowest BCUT2D eigenvalue weighted by molar-refractivity contribution is -0.115. The number of carbonyl (C=O) groups is 1. The summed E-state index contributed by atoms with van der Waals surface area (Å²) in [6.07, 6.45) is 3.42. The van der Waals surface area contributed by atoms with E-state index >= 15 is 0 Å². The van der Waals surface area contributed by atoms with E-state index in [9.17, 15) is 4.79 Å². The van der Waals surface area contributed by atoms with Gasteiger partial charge in [0.25, 0.3) is 0 Å². The van der Waals surface area contributed by atoms with Crippen LogP contribution in [0.2, 0.25) is 0 Å². The maximum atomic E-state index is 13.3. The Kier molecular flexibility index (Phi) is 6.56. The fourth-order valence-electron chi connectivity index (χ4n) is 3.34. The van der Waals surface area contributed by atoms with Gasteiger partial charge in [0.2, 0.25) is 5.91 Å². The zero-order valence-corrected chi connectivity index (χ0v) is 18.8. The Morgan fingerprint density at radius 1 is 1.12 bits per heavy atom. The number of amides is 1. The third kappa shape index (κ3) is 4.68. The molecule has 0 radical (unpaired) electrons. The van der Waals surface area contributed by atoms with Crippen molar-refractivity contribution in [3.63, 3.8) is 0 Å². The fourth-order valence-corrected chi connectivity index (χ4v) is 4.38. The van der Waals surface area contributed by atoms with Crippen molar-refractivity contribution >= 4 is 23.4 Å². The van der Waals surface area contributed by atoms with E-state index in [-0.39, 0.29) is 5.91 Å². The van der Waals surface area contributed by atoms with Crippen LogP contribution in [0.15, 0.2) is 89.2 Å². The largest absolute Gasteiger partial charge is 0.469 e. The van der Waals surface area contributed by atoms with Gasteiger partial charge in [0, 0.05) is 12.2 Å². The number of benzene rings is 2. The summed E-state index contributed by atoms with van der Waals surface area (Å²) in [6, 6.07) is 19.3. The summed E-state index contributed by atoms with van der Waals surface area (Å²) >= 11 is 1.36. The zero-order chi connectivity index (χ0) is 22.5. The lowest BCUT2D eigenvalue weighted by atomic mass is 10.1. The number of hydrogen-bond donors (Lipinski definition) is 1. The van der Waals surface area contributed by atoms with Gasteiger partial charge < -0.3 is 9.73 Å². The minimum atomic E-state index is -0.511. The first-order chi connectivity index (χ1) is 15.6. The summed E-state index contributed by atoms with van der Waals surface area (Å²) in [5, 5.41) is 11.9. The van der Waals surface area contributed by atoms with E-state index in [1.165, 1.54) is 11.8 Å². The SMILES string of the molecule is C=CCn1c(SC(C(=O)Nc2ccc(C)cc2)c2ccccc2)nnc1-c1ccoc1C. The van der Waals surface area contributed by atoms with Gasteiger partial charge in [0.05, 0.1) is 11.8 Å². The van der Waals surface area contributed by atoms with Crippen molar-refractivity contribution in [2.75, 3.05) is 5.32 Å². The molecule has 2 heterocycles. The van der Waals surface area contributed by atoms with Crippen molar-refractivity contribution in [1.82, 2.24) is 14.8 Å². The van der Waals surface area contributed by atoms with Crippen molar-refractivity contribution in [2.45, 2.75) is 30.8 Å². The Morgan fingerprint density at radius 2 is 1.88 bits per heavy atom. The number of furan rings is 1. The van der Waals surface area contributed by atoms with Crippen LogP contribution in [-0.4, -0.2) is 20.7 Å². The molecule has 2 aromatic heterocycles. The highest BCUT2D eigenvalue weighted by atomic mass is 32.2. The van der Waals surface area contributed by atoms with Crippen LogP contribution in [0.1, 0.15) is 22.1 Å². The first-order valence-corrected chi connectivity index (χ1v) is 11.1. The molecule has 0 fully saturated rings. The lowest BCUT2D eigenvalue weighted by Crippen LogP contribution is -2.19. The van der Waals surface area contributed by atoms with Crippen molar-refractivity contribution in [3.8, 4) is 11.4 Å².